The number of carbonyl (C=O) groups is 2. The van der Waals surface area contributed by atoms with E-state index in [1.54, 1.807) is 4.58 Å². The molecule has 2 amide bonds. The molecule has 3 aliphatic rings. The van der Waals surface area contributed by atoms with Gasteiger partial charge in [-0.15, -0.1) is 4.58 Å². The van der Waals surface area contributed by atoms with E-state index >= 15 is 0 Å². The van der Waals surface area contributed by atoms with Crippen LogP contribution in [-0.4, -0.2) is 51.9 Å². The van der Waals surface area contributed by atoms with Gasteiger partial charge in [-0.1, -0.05) is 67.6 Å². The van der Waals surface area contributed by atoms with E-state index in [4.69, 9.17) is 11.6 Å². The van der Waals surface area contributed by atoms with Gasteiger partial charge in [0.25, 0.3) is 5.91 Å². The Balaban J connectivity index is 1.63. The Labute approximate surface area is 187 Å². The normalized spacial score (nSPS) is 27.6. The van der Waals surface area contributed by atoms with Crippen LogP contribution in [0.4, 0.5) is 0 Å². The fraction of sp³-hybridized carbons (Fsp3) is 0.375. The summed E-state index contributed by atoms with van der Waals surface area (Å²) >= 11 is 7.63. The molecule has 156 valence electrons. The minimum atomic E-state index is -0.127. The molecule has 0 spiro atoms. The van der Waals surface area contributed by atoms with Crippen molar-refractivity contribution in [3.05, 3.63) is 64.1 Å². The fourth-order valence-electron chi connectivity index (χ4n) is 4.40. The van der Waals surface area contributed by atoms with E-state index in [1.165, 1.54) is 11.8 Å². The van der Waals surface area contributed by atoms with E-state index in [-0.39, 0.29) is 23.6 Å². The Hall–Kier alpha value is -2.11. The lowest BCUT2D eigenvalue weighted by molar-refractivity contribution is -0.435. The van der Waals surface area contributed by atoms with Crippen LogP contribution in [0.25, 0.3) is 6.08 Å². The number of carbonyl (C=O) groups excluding carboxylic acids is 2. The van der Waals surface area contributed by atoms with E-state index < -0.39 is 0 Å². The highest BCUT2D eigenvalue weighted by molar-refractivity contribution is 8.05. The first kappa shape index (κ1) is 21.1. The number of benzene rings is 1. The summed E-state index contributed by atoms with van der Waals surface area (Å²) in [6.45, 7) is 5.98. The first-order valence-corrected chi connectivity index (χ1v) is 11.6. The highest BCUT2D eigenvalue weighted by Crippen LogP contribution is 2.33. The van der Waals surface area contributed by atoms with E-state index in [0.29, 0.717) is 21.8 Å². The second kappa shape index (κ2) is 8.94. The summed E-state index contributed by atoms with van der Waals surface area (Å²) in [7, 11) is 0. The lowest BCUT2D eigenvalue weighted by Crippen LogP contribution is -2.48. The van der Waals surface area contributed by atoms with Crippen LogP contribution in [0.1, 0.15) is 25.8 Å². The van der Waals surface area contributed by atoms with Crippen molar-refractivity contribution in [1.82, 2.24) is 4.90 Å². The van der Waals surface area contributed by atoms with Gasteiger partial charge in [-0.25, -0.2) is 4.79 Å². The molecule has 2 heterocycles. The molecule has 1 aromatic rings. The standard InChI is InChI=1S/C24H26ClN2O2S/c1-16-10-17(2)14-26(13-16)23(28)15-27-20-8-3-4-9-21(20)30-22(24(27)29)12-18-6-5-7-19(25)11-18/h3-9,11-12,16-17,21H,10,13-15H2,1-2H3/q+1/b22-12+. The highest BCUT2D eigenvalue weighted by atomic mass is 35.5. The Morgan fingerprint density at radius 1 is 1.27 bits per heavy atom. The van der Waals surface area contributed by atoms with Crippen molar-refractivity contribution >= 4 is 47.0 Å². The minimum Gasteiger partial charge on any atom is -0.337 e. The third-order valence-electron chi connectivity index (χ3n) is 5.64. The largest absolute Gasteiger partial charge is 0.426 e. The van der Waals surface area contributed by atoms with E-state index in [0.717, 1.165) is 30.8 Å². The molecular formula is C24H26ClN2O2S+. The van der Waals surface area contributed by atoms with Gasteiger partial charge in [-0.3, -0.25) is 4.79 Å². The molecule has 0 aromatic heterocycles. The summed E-state index contributed by atoms with van der Waals surface area (Å²) in [5.74, 6) is 0.866. The molecule has 0 N–H and O–H groups in total. The first-order chi connectivity index (χ1) is 14.4. The van der Waals surface area contributed by atoms with Gasteiger partial charge in [0.15, 0.2) is 0 Å². The average molecular weight is 442 g/mol. The number of likely N-dealkylation sites (tertiary alicyclic amines) is 1. The monoisotopic (exact) mass is 441 g/mol. The molecule has 30 heavy (non-hydrogen) atoms. The third-order valence-corrected chi connectivity index (χ3v) is 7.07. The van der Waals surface area contributed by atoms with Crippen LogP contribution in [-0.2, 0) is 9.59 Å². The molecule has 1 aromatic carbocycles. The minimum absolute atomic E-state index is 0.0185. The maximum atomic E-state index is 13.4. The first-order valence-electron chi connectivity index (χ1n) is 10.4. The van der Waals surface area contributed by atoms with Gasteiger partial charge in [0.1, 0.15) is 10.2 Å². The molecular weight excluding hydrogens is 416 g/mol. The molecule has 2 aliphatic heterocycles. The topological polar surface area (TPSA) is 40.4 Å². The van der Waals surface area contributed by atoms with Crippen molar-refractivity contribution in [3.63, 3.8) is 0 Å². The van der Waals surface area contributed by atoms with E-state index in [1.807, 2.05) is 53.5 Å². The molecule has 0 bridgehead atoms. The molecule has 4 nitrogen and oxygen atoms in total. The number of hydrogen-bond acceptors (Lipinski definition) is 3. The number of nitrogens with zero attached hydrogens (tertiary/aromatic N) is 2. The van der Waals surface area contributed by atoms with Crippen molar-refractivity contribution in [3.8, 4) is 0 Å². The van der Waals surface area contributed by atoms with Gasteiger partial charge >= 0.3 is 5.91 Å². The van der Waals surface area contributed by atoms with Gasteiger partial charge in [0.2, 0.25) is 12.3 Å². The smallest absolute Gasteiger partial charge is 0.337 e. The average Bonchev–Trinajstić information content (AvgIpc) is 2.70. The van der Waals surface area contributed by atoms with Crippen molar-refractivity contribution in [1.29, 1.82) is 0 Å². The zero-order valence-corrected chi connectivity index (χ0v) is 18.8. The Morgan fingerprint density at radius 2 is 2.03 bits per heavy atom. The predicted molar refractivity (Wildman–Crippen MR) is 124 cm³/mol. The van der Waals surface area contributed by atoms with Gasteiger partial charge in [-0.2, -0.15) is 0 Å². The van der Waals surface area contributed by atoms with Crippen LogP contribution < -0.4 is 0 Å². The summed E-state index contributed by atoms with van der Waals surface area (Å²) in [6, 6.07) is 7.44. The van der Waals surface area contributed by atoms with Crippen LogP contribution >= 0.6 is 23.4 Å². The molecule has 6 heteroatoms. The van der Waals surface area contributed by atoms with Gasteiger partial charge < -0.3 is 4.90 Å². The number of hydrogen-bond donors (Lipinski definition) is 0. The second-order valence-electron chi connectivity index (χ2n) is 8.41. The van der Waals surface area contributed by atoms with E-state index in [2.05, 4.69) is 19.9 Å². The molecule has 3 atom stereocenters. The van der Waals surface area contributed by atoms with Gasteiger partial charge in [0.05, 0.1) is 0 Å². The van der Waals surface area contributed by atoms with E-state index in [9.17, 15) is 9.59 Å². The molecule has 3 unspecified atom stereocenters. The lowest BCUT2D eigenvalue weighted by Gasteiger charge is -2.34. The zero-order chi connectivity index (χ0) is 21.3. The van der Waals surface area contributed by atoms with Crippen molar-refractivity contribution in [2.45, 2.75) is 25.5 Å². The number of allylic oxidation sites excluding steroid dienone is 3. The number of rotatable bonds is 3. The van der Waals surface area contributed by atoms with Crippen LogP contribution in [0.15, 0.2) is 53.5 Å². The Kier molecular flexibility index (Phi) is 6.30. The highest BCUT2D eigenvalue weighted by Gasteiger charge is 2.40. The van der Waals surface area contributed by atoms with Gasteiger partial charge in [-0.05, 0) is 42.0 Å². The molecule has 4 rings (SSSR count). The maximum Gasteiger partial charge on any atom is 0.426 e. The number of fused-ring (bicyclic) bond motifs is 1. The van der Waals surface area contributed by atoms with Crippen LogP contribution in [0.3, 0.4) is 0 Å². The summed E-state index contributed by atoms with van der Waals surface area (Å²) < 4.78 is 1.66. The van der Waals surface area contributed by atoms with Crippen LogP contribution in [0.2, 0.25) is 5.02 Å². The number of amides is 2. The Bertz CT molecular complexity index is 985. The second-order valence-corrected chi connectivity index (χ2v) is 10.0. The fourth-order valence-corrected chi connectivity index (χ4v) is 5.79. The van der Waals surface area contributed by atoms with Crippen LogP contribution in [0, 0.1) is 11.8 Å². The van der Waals surface area contributed by atoms with Crippen LogP contribution in [0.5, 0.6) is 0 Å². The molecule has 1 saturated heterocycles. The third kappa shape index (κ3) is 4.62. The molecule has 1 aliphatic carbocycles. The SMILES string of the molecule is CC1CC(C)CN(C(=O)C[N+]2=C3C=CC=CC3S/C(=C/c3cccc(Cl)c3)C2=O)C1. The number of halogens is 1. The number of piperidine rings is 1. The van der Waals surface area contributed by atoms with Crippen molar-refractivity contribution in [2.24, 2.45) is 11.8 Å². The number of thioether (sulfide) groups is 1. The van der Waals surface area contributed by atoms with Crippen molar-refractivity contribution < 1.29 is 14.2 Å². The zero-order valence-electron chi connectivity index (χ0n) is 17.3. The summed E-state index contributed by atoms with van der Waals surface area (Å²) in [5, 5.41) is 0.649. The summed E-state index contributed by atoms with van der Waals surface area (Å²) in [4.78, 5) is 29.0. The summed E-state index contributed by atoms with van der Waals surface area (Å²) in [5.41, 5.74) is 1.75. The molecule has 1 fully saturated rings. The maximum absolute atomic E-state index is 13.4. The van der Waals surface area contributed by atoms with Gasteiger partial charge in [0, 0.05) is 24.2 Å². The predicted octanol–water partition coefficient (Wildman–Crippen LogP) is 4.41. The quantitative estimate of drug-likeness (QED) is 0.515. The summed E-state index contributed by atoms with van der Waals surface area (Å²) in [6.07, 6.45) is 10.9. The molecule has 0 radical (unpaired) electrons. The van der Waals surface area contributed by atoms with Crippen molar-refractivity contribution in [2.75, 3.05) is 19.6 Å². The Morgan fingerprint density at radius 3 is 2.77 bits per heavy atom. The lowest BCUT2D eigenvalue weighted by atomic mass is 9.92. The molecule has 0 saturated carbocycles.